The summed E-state index contributed by atoms with van der Waals surface area (Å²) >= 11 is 0. The highest BCUT2D eigenvalue weighted by molar-refractivity contribution is 5.28. The van der Waals surface area contributed by atoms with Gasteiger partial charge < -0.3 is 9.26 Å². The zero-order chi connectivity index (χ0) is 14.8. The highest BCUT2D eigenvalue weighted by Crippen LogP contribution is 2.37. The summed E-state index contributed by atoms with van der Waals surface area (Å²) in [4.78, 5) is 4.46. The Morgan fingerprint density at radius 2 is 2.19 bits per heavy atom. The van der Waals surface area contributed by atoms with E-state index in [1.807, 2.05) is 13.8 Å². The summed E-state index contributed by atoms with van der Waals surface area (Å²) in [6.07, 6.45) is 2.79. The lowest BCUT2D eigenvalue weighted by Crippen LogP contribution is -2.29. The maximum atomic E-state index is 13.1. The van der Waals surface area contributed by atoms with Gasteiger partial charge in [-0.05, 0) is 49.9 Å². The third kappa shape index (κ3) is 3.13. The smallest absolute Gasteiger partial charge is 0.229 e. The molecule has 2 aromatic rings. The Hall–Kier alpha value is -1.75. The lowest BCUT2D eigenvalue weighted by Gasteiger charge is -2.32. The molecular formula is C16H19FN2O2. The minimum atomic E-state index is -0.221. The minimum Gasteiger partial charge on any atom is -0.378 e. The fourth-order valence-electron chi connectivity index (χ4n) is 2.67. The van der Waals surface area contributed by atoms with Crippen LogP contribution in [0.3, 0.4) is 0 Å². The molecule has 1 aromatic carbocycles. The molecule has 1 heterocycles. The summed E-state index contributed by atoms with van der Waals surface area (Å²) in [6.45, 7) is 4.64. The second kappa shape index (κ2) is 5.93. The van der Waals surface area contributed by atoms with E-state index >= 15 is 0 Å². The molecule has 0 atom stereocenters. The summed E-state index contributed by atoms with van der Waals surface area (Å²) in [7, 11) is 0. The van der Waals surface area contributed by atoms with Crippen LogP contribution in [-0.4, -0.2) is 22.9 Å². The van der Waals surface area contributed by atoms with Crippen LogP contribution < -0.4 is 0 Å². The molecule has 1 fully saturated rings. The summed E-state index contributed by atoms with van der Waals surface area (Å²) in [5, 5.41) is 4.03. The van der Waals surface area contributed by atoms with Gasteiger partial charge in [0, 0.05) is 18.9 Å². The number of hydrogen-bond acceptors (Lipinski definition) is 4. The molecule has 0 bridgehead atoms. The molecule has 112 valence electrons. The number of rotatable bonds is 5. The van der Waals surface area contributed by atoms with Crippen LogP contribution in [0.5, 0.6) is 0 Å². The van der Waals surface area contributed by atoms with Crippen molar-refractivity contribution >= 4 is 0 Å². The normalized spacial score (nSPS) is 21.3. The average Bonchev–Trinajstić information content (AvgIpc) is 2.85. The van der Waals surface area contributed by atoms with Crippen molar-refractivity contribution in [3.63, 3.8) is 0 Å². The van der Waals surface area contributed by atoms with Crippen molar-refractivity contribution in [3.05, 3.63) is 46.9 Å². The zero-order valence-electron chi connectivity index (χ0n) is 12.3. The lowest BCUT2D eigenvalue weighted by atomic mass is 9.82. The van der Waals surface area contributed by atoms with E-state index in [1.54, 1.807) is 6.07 Å². The summed E-state index contributed by atoms with van der Waals surface area (Å²) in [6, 6.07) is 4.76. The third-order valence-corrected chi connectivity index (χ3v) is 3.98. The Bertz CT molecular complexity index is 620. The maximum Gasteiger partial charge on any atom is 0.229 e. The molecular weight excluding hydrogens is 271 g/mol. The van der Waals surface area contributed by atoms with Crippen LogP contribution in [0.2, 0.25) is 0 Å². The average molecular weight is 290 g/mol. The number of aryl methyl sites for hydroxylation is 1. The van der Waals surface area contributed by atoms with Gasteiger partial charge in [-0.1, -0.05) is 11.2 Å². The monoisotopic (exact) mass is 290 g/mol. The highest BCUT2D eigenvalue weighted by Gasteiger charge is 2.34. The molecule has 1 aliphatic rings. The number of halogens is 1. The fraction of sp³-hybridized carbons (Fsp3) is 0.500. The van der Waals surface area contributed by atoms with Crippen molar-refractivity contribution in [1.82, 2.24) is 10.1 Å². The number of ether oxygens (including phenoxy) is 1. The zero-order valence-corrected chi connectivity index (χ0v) is 12.3. The van der Waals surface area contributed by atoms with Crippen LogP contribution in [0.15, 0.2) is 22.7 Å². The van der Waals surface area contributed by atoms with Gasteiger partial charge in [0.15, 0.2) is 5.82 Å². The van der Waals surface area contributed by atoms with Crippen molar-refractivity contribution in [3.8, 4) is 0 Å². The van der Waals surface area contributed by atoms with Crippen LogP contribution >= 0.6 is 0 Å². The molecule has 0 amide bonds. The van der Waals surface area contributed by atoms with Gasteiger partial charge in [-0.25, -0.2) is 4.39 Å². The first-order valence-electron chi connectivity index (χ1n) is 7.34. The van der Waals surface area contributed by atoms with Crippen molar-refractivity contribution < 1.29 is 13.7 Å². The van der Waals surface area contributed by atoms with E-state index in [9.17, 15) is 4.39 Å². The maximum absolute atomic E-state index is 13.1. The van der Waals surface area contributed by atoms with E-state index in [2.05, 4.69) is 10.1 Å². The Morgan fingerprint density at radius 1 is 1.38 bits per heavy atom. The Labute approximate surface area is 123 Å². The fourth-order valence-corrected chi connectivity index (χ4v) is 2.67. The molecule has 3 rings (SSSR count). The van der Waals surface area contributed by atoms with Gasteiger partial charge >= 0.3 is 0 Å². The predicted octanol–water partition coefficient (Wildman–Crippen LogP) is 3.39. The molecule has 0 N–H and O–H groups in total. The number of hydrogen-bond donors (Lipinski definition) is 0. The van der Waals surface area contributed by atoms with E-state index in [0.29, 0.717) is 30.2 Å². The number of nitrogens with zero attached hydrogens (tertiary/aromatic N) is 2. The molecule has 0 spiro atoms. The van der Waals surface area contributed by atoms with Crippen molar-refractivity contribution in [2.24, 2.45) is 0 Å². The second-order valence-corrected chi connectivity index (χ2v) is 5.54. The molecule has 4 nitrogen and oxygen atoms in total. The number of aromatic nitrogens is 2. The molecule has 0 unspecified atom stereocenters. The van der Waals surface area contributed by atoms with Gasteiger partial charge in [0.1, 0.15) is 5.82 Å². The van der Waals surface area contributed by atoms with E-state index < -0.39 is 0 Å². The number of benzene rings is 1. The van der Waals surface area contributed by atoms with E-state index in [0.717, 1.165) is 30.6 Å². The van der Waals surface area contributed by atoms with E-state index in [4.69, 9.17) is 9.26 Å². The van der Waals surface area contributed by atoms with Crippen molar-refractivity contribution in [2.75, 3.05) is 6.61 Å². The van der Waals surface area contributed by atoms with E-state index in [1.165, 1.54) is 12.1 Å². The molecule has 1 aliphatic carbocycles. The van der Waals surface area contributed by atoms with Crippen LogP contribution in [-0.2, 0) is 11.2 Å². The lowest BCUT2D eigenvalue weighted by molar-refractivity contribution is -0.00961. The van der Waals surface area contributed by atoms with Crippen LogP contribution in [0.4, 0.5) is 4.39 Å². The molecule has 0 radical (unpaired) electrons. The van der Waals surface area contributed by atoms with Gasteiger partial charge in [-0.3, -0.25) is 0 Å². The van der Waals surface area contributed by atoms with Crippen molar-refractivity contribution in [2.45, 2.75) is 45.1 Å². The SMILES string of the molecule is CCOC1CC(c2nc(Cc3ccc(F)cc3C)no2)C1. The van der Waals surface area contributed by atoms with Gasteiger partial charge in [-0.2, -0.15) is 4.98 Å². The first-order valence-corrected chi connectivity index (χ1v) is 7.34. The first-order chi connectivity index (χ1) is 10.2. The molecule has 1 saturated carbocycles. The summed E-state index contributed by atoms with van der Waals surface area (Å²) in [5.74, 6) is 1.44. The summed E-state index contributed by atoms with van der Waals surface area (Å²) < 4.78 is 24.0. The van der Waals surface area contributed by atoms with Gasteiger partial charge in [0.25, 0.3) is 0 Å². The van der Waals surface area contributed by atoms with E-state index in [-0.39, 0.29) is 5.82 Å². The Morgan fingerprint density at radius 3 is 2.90 bits per heavy atom. The van der Waals surface area contributed by atoms with Crippen LogP contribution in [0.25, 0.3) is 0 Å². The molecule has 5 heteroatoms. The van der Waals surface area contributed by atoms with Gasteiger partial charge in [-0.15, -0.1) is 0 Å². The molecule has 1 aromatic heterocycles. The summed E-state index contributed by atoms with van der Waals surface area (Å²) in [5.41, 5.74) is 1.92. The molecule has 0 aliphatic heterocycles. The standard InChI is InChI=1S/C16H19FN2O2/c1-3-20-14-7-12(8-14)16-18-15(19-21-16)9-11-4-5-13(17)6-10(11)2/h4-6,12,14H,3,7-9H2,1-2H3. The largest absolute Gasteiger partial charge is 0.378 e. The van der Waals surface area contributed by atoms with Crippen LogP contribution in [0, 0.1) is 12.7 Å². The third-order valence-electron chi connectivity index (χ3n) is 3.98. The second-order valence-electron chi connectivity index (χ2n) is 5.54. The predicted molar refractivity (Wildman–Crippen MR) is 75.6 cm³/mol. The Kier molecular flexibility index (Phi) is 4.01. The topological polar surface area (TPSA) is 48.2 Å². The Balaban J connectivity index is 1.63. The quantitative estimate of drug-likeness (QED) is 0.847. The first kappa shape index (κ1) is 14.2. The molecule has 21 heavy (non-hydrogen) atoms. The van der Waals surface area contributed by atoms with Gasteiger partial charge in [0.05, 0.1) is 6.10 Å². The van der Waals surface area contributed by atoms with Crippen LogP contribution in [0.1, 0.15) is 48.5 Å². The minimum absolute atomic E-state index is 0.221. The van der Waals surface area contributed by atoms with Crippen molar-refractivity contribution in [1.29, 1.82) is 0 Å². The molecule has 0 saturated heterocycles. The highest BCUT2D eigenvalue weighted by atomic mass is 19.1. The van der Waals surface area contributed by atoms with Gasteiger partial charge in [0.2, 0.25) is 5.89 Å².